The molecule has 3 rings (SSSR count). The highest BCUT2D eigenvalue weighted by Crippen LogP contribution is 2.28. The Labute approximate surface area is 133 Å². The van der Waals surface area contributed by atoms with Crippen LogP contribution in [0, 0.1) is 5.82 Å². The minimum absolute atomic E-state index is 0.255. The number of thioether (sulfide) groups is 1. The maximum atomic E-state index is 13.1. The molecular weight excluding hydrogens is 357 g/mol. The van der Waals surface area contributed by atoms with Gasteiger partial charge in [-0.1, -0.05) is 33.8 Å². The molecule has 7 heteroatoms. The van der Waals surface area contributed by atoms with Crippen molar-refractivity contribution in [3.63, 3.8) is 0 Å². The zero-order valence-electron chi connectivity index (χ0n) is 11.1. The summed E-state index contributed by atoms with van der Waals surface area (Å²) in [6, 6.07) is 8.32. The highest BCUT2D eigenvalue weighted by molar-refractivity contribution is 9.10. The van der Waals surface area contributed by atoms with Crippen LogP contribution in [0.1, 0.15) is 5.56 Å². The summed E-state index contributed by atoms with van der Waals surface area (Å²) in [6.07, 6.45) is 1.60. The van der Waals surface area contributed by atoms with Crippen LogP contribution in [0.25, 0.3) is 11.6 Å². The molecular formula is C14H11BrFN3OS. The lowest BCUT2D eigenvalue weighted by molar-refractivity contribution is 0.572. The van der Waals surface area contributed by atoms with E-state index in [1.54, 1.807) is 12.3 Å². The molecule has 0 aliphatic carbocycles. The van der Waals surface area contributed by atoms with Gasteiger partial charge in [-0.25, -0.2) is 4.39 Å². The van der Waals surface area contributed by atoms with E-state index in [1.807, 2.05) is 23.7 Å². The van der Waals surface area contributed by atoms with E-state index in [1.165, 1.54) is 23.9 Å². The van der Waals surface area contributed by atoms with Gasteiger partial charge >= 0.3 is 0 Å². The molecule has 0 amide bonds. The molecule has 0 saturated carbocycles. The zero-order chi connectivity index (χ0) is 14.8. The summed E-state index contributed by atoms with van der Waals surface area (Å²) < 4.78 is 21.0. The van der Waals surface area contributed by atoms with E-state index in [2.05, 4.69) is 26.1 Å². The van der Waals surface area contributed by atoms with Gasteiger partial charge < -0.3 is 8.98 Å². The molecule has 0 N–H and O–H groups in total. The average Bonchev–Trinajstić information content (AvgIpc) is 3.08. The van der Waals surface area contributed by atoms with Crippen molar-refractivity contribution in [3.05, 3.63) is 52.4 Å². The van der Waals surface area contributed by atoms with Gasteiger partial charge in [-0.05, 0) is 29.8 Å². The topological polar surface area (TPSA) is 43.9 Å². The molecule has 21 heavy (non-hydrogen) atoms. The van der Waals surface area contributed by atoms with Crippen molar-refractivity contribution in [1.29, 1.82) is 0 Å². The third-order valence-corrected chi connectivity index (χ3v) is 4.76. The van der Waals surface area contributed by atoms with Crippen molar-refractivity contribution >= 4 is 27.7 Å². The number of halogens is 2. The Morgan fingerprint density at radius 1 is 1.33 bits per heavy atom. The van der Waals surface area contributed by atoms with Gasteiger partial charge in [-0.3, -0.25) is 0 Å². The molecule has 0 bridgehead atoms. The number of hydrogen-bond acceptors (Lipinski definition) is 4. The lowest BCUT2D eigenvalue weighted by atomic mass is 10.2. The van der Waals surface area contributed by atoms with Gasteiger partial charge in [0.15, 0.2) is 16.7 Å². The Bertz CT molecular complexity index is 758. The maximum absolute atomic E-state index is 13.1. The molecule has 0 fully saturated rings. The largest absolute Gasteiger partial charge is 0.461 e. The van der Waals surface area contributed by atoms with Crippen molar-refractivity contribution < 1.29 is 8.81 Å². The summed E-state index contributed by atoms with van der Waals surface area (Å²) in [5, 5.41) is 9.07. The summed E-state index contributed by atoms with van der Waals surface area (Å²) in [5.41, 5.74) is 1.00. The van der Waals surface area contributed by atoms with Crippen LogP contribution in [0.3, 0.4) is 0 Å². The lowest BCUT2D eigenvalue weighted by Crippen LogP contribution is -1.94. The molecule has 0 atom stereocenters. The average molecular weight is 368 g/mol. The van der Waals surface area contributed by atoms with E-state index >= 15 is 0 Å². The quantitative estimate of drug-likeness (QED) is 0.645. The van der Waals surface area contributed by atoms with Crippen LogP contribution >= 0.6 is 27.7 Å². The molecule has 0 saturated heterocycles. The number of hydrogen-bond donors (Lipinski definition) is 0. The second kappa shape index (κ2) is 6.03. The molecule has 3 aromatic rings. The van der Waals surface area contributed by atoms with Gasteiger partial charge in [0.1, 0.15) is 5.82 Å². The second-order valence-corrected chi connectivity index (χ2v) is 6.16. The minimum atomic E-state index is -0.255. The van der Waals surface area contributed by atoms with Gasteiger partial charge in [0.2, 0.25) is 0 Å². The van der Waals surface area contributed by atoms with Crippen molar-refractivity contribution in [2.75, 3.05) is 0 Å². The van der Waals surface area contributed by atoms with Gasteiger partial charge in [-0.15, -0.1) is 10.2 Å². The SMILES string of the molecule is Cn1c(SCc2ccc(F)cc2Br)nnc1-c1ccco1. The highest BCUT2D eigenvalue weighted by atomic mass is 79.9. The predicted octanol–water partition coefficient (Wildman–Crippen LogP) is 4.27. The standard InChI is InChI=1S/C14H11BrFN3OS/c1-19-13(12-3-2-6-20-12)17-18-14(19)21-8-9-4-5-10(16)7-11(9)15/h2-7H,8H2,1H3. The maximum Gasteiger partial charge on any atom is 0.200 e. The van der Waals surface area contributed by atoms with Crippen LogP contribution in [0.15, 0.2) is 50.6 Å². The smallest absolute Gasteiger partial charge is 0.200 e. The fraction of sp³-hybridized carbons (Fsp3) is 0.143. The molecule has 2 aromatic heterocycles. The number of aromatic nitrogens is 3. The molecule has 2 heterocycles. The number of rotatable bonds is 4. The molecule has 0 aliphatic rings. The van der Waals surface area contributed by atoms with Crippen LogP contribution < -0.4 is 0 Å². The lowest BCUT2D eigenvalue weighted by Gasteiger charge is -2.05. The summed E-state index contributed by atoms with van der Waals surface area (Å²) in [4.78, 5) is 0. The second-order valence-electron chi connectivity index (χ2n) is 4.37. The fourth-order valence-corrected chi connectivity index (χ4v) is 3.43. The van der Waals surface area contributed by atoms with Gasteiger partial charge in [0.25, 0.3) is 0 Å². The number of furan rings is 1. The molecule has 0 radical (unpaired) electrons. The van der Waals surface area contributed by atoms with Crippen LogP contribution in [0.5, 0.6) is 0 Å². The Morgan fingerprint density at radius 3 is 2.90 bits per heavy atom. The first-order valence-electron chi connectivity index (χ1n) is 6.15. The molecule has 108 valence electrons. The molecule has 0 aliphatic heterocycles. The van der Waals surface area contributed by atoms with Gasteiger partial charge in [-0.2, -0.15) is 0 Å². The van der Waals surface area contributed by atoms with E-state index in [0.717, 1.165) is 15.2 Å². The van der Waals surface area contributed by atoms with E-state index in [0.29, 0.717) is 17.3 Å². The predicted molar refractivity (Wildman–Crippen MR) is 82.4 cm³/mol. The molecule has 1 aromatic carbocycles. The van der Waals surface area contributed by atoms with E-state index in [-0.39, 0.29) is 5.82 Å². The van der Waals surface area contributed by atoms with E-state index < -0.39 is 0 Å². The molecule has 0 spiro atoms. The van der Waals surface area contributed by atoms with E-state index in [9.17, 15) is 4.39 Å². The normalized spacial score (nSPS) is 11.0. The zero-order valence-corrected chi connectivity index (χ0v) is 13.5. The first kappa shape index (κ1) is 14.3. The van der Waals surface area contributed by atoms with Crippen molar-refractivity contribution in [2.24, 2.45) is 7.05 Å². The monoisotopic (exact) mass is 367 g/mol. The van der Waals surface area contributed by atoms with Gasteiger partial charge in [0.05, 0.1) is 6.26 Å². The fourth-order valence-electron chi connectivity index (χ4n) is 1.84. The van der Waals surface area contributed by atoms with Crippen LogP contribution in [-0.4, -0.2) is 14.8 Å². The summed E-state index contributed by atoms with van der Waals surface area (Å²) in [6.45, 7) is 0. The third kappa shape index (κ3) is 3.03. The van der Waals surface area contributed by atoms with Crippen LogP contribution in [0.4, 0.5) is 4.39 Å². The number of benzene rings is 1. The summed E-state index contributed by atoms with van der Waals surface area (Å²) in [7, 11) is 1.89. The number of nitrogens with zero attached hydrogens (tertiary/aromatic N) is 3. The summed E-state index contributed by atoms with van der Waals surface area (Å²) in [5.74, 6) is 1.78. The summed E-state index contributed by atoms with van der Waals surface area (Å²) >= 11 is 4.90. The van der Waals surface area contributed by atoms with Crippen molar-refractivity contribution in [3.8, 4) is 11.6 Å². The first-order chi connectivity index (χ1) is 10.1. The molecule has 0 unspecified atom stereocenters. The van der Waals surface area contributed by atoms with E-state index in [4.69, 9.17) is 4.42 Å². The Balaban J connectivity index is 1.77. The first-order valence-corrected chi connectivity index (χ1v) is 7.93. The van der Waals surface area contributed by atoms with Crippen molar-refractivity contribution in [1.82, 2.24) is 14.8 Å². The Morgan fingerprint density at radius 2 is 2.19 bits per heavy atom. The Kier molecular flexibility index (Phi) is 4.12. The third-order valence-electron chi connectivity index (χ3n) is 2.95. The Hall–Kier alpha value is -1.60. The van der Waals surface area contributed by atoms with Crippen LogP contribution in [0.2, 0.25) is 0 Å². The van der Waals surface area contributed by atoms with Gasteiger partial charge in [0, 0.05) is 17.3 Å². The van der Waals surface area contributed by atoms with Crippen LogP contribution in [-0.2, 0) is 12.8 Å². The van der Waals surface area contributed by atoms with Crippen molar-refractivity contribution in [2.45, 2.75) is 10.9 Å². The highest BCUT2D eigenvalue weighted by Gasteiger charge is 2.13. The molecule has 4 nitrogen and oxygen atoms in total. The minimum Gasteiger partial charge on any atom is -0.461 e.